The van der Waals surface area contributed by atoms with Crippen LogP contribution in [-0.2, 0) is 0 Å². The average Bonchev–Trinajstić information content (AvgIpc) is 2.29. The lowest BCUT2D eigenvalue weighted by Crippen LogP contribution is -1.89. The van der Waals surface area contributed by atoms with Crippen molar-refractivity contribution < 1.29 is 0 Å². The van der Waals surface area contributed by atoms with Gasteiger partial charge in [0.1, 0.15) is 0 Å². The van der Waals surface area contributed by atoms with Crippen LogP contribution in [-0.4, -0.2) is 30.0 Å². The Morgan fingerprint density at radius 3 is 3.00 bits per heavy atom. The van der Waals surface area contributed by atoms with Crippen LogP contribution in [0.4, 0.5) is 0 Å². The average molecular weight is 233 g/mol. The van der Waals surface area contributed by atoms with Crippen molar-refractivity contribution in [2.75, 3.05) is 12.1 Å². The molecule has 16 heavy (non-hydrogen) atoms. The van der Waals surface area contributed by atoms with Gasteiger partial charge in [-0.2, -0.15) is 0 Å². The first-order valence-corrected chi connectivity index (χ1v) is 6.27. The lowest BCUT2D eigenvalue weighted by Gasteiger charge is -2.00. The molecular weight excluding hydrogens is 218 g/mol. The molecule has 0 unspecified atom stereocenters. The normalized spacial score (nSPS) is 12.0. The van der Waals surface area contributed by atoms with Crippen LogP contribution in [0, 0.1) is 6.92 Å². The highest BCUT2D eigenvalue weighted by Crippen LogP contribution is 2.12. The summed E-state index contributed by atoms with van der Waals surface area (Å²) < 4.78 is 0. The second-order valence-corrected chi connectivity index (χ2v) is 3.96. The summed E-state index contributed by atoms with van der Waals surface area (Å²) in [6.07, 6.45) is 5.57. The molecule has 0 aromatic carbocycles. The number of nitrogens with zero attached hydrogens (tertiary/aromatic N) is 3. The van der Waals surface area contributed by atoms with E-state index in [0.717, 1.165) is 23.0 Å². The van der Waals surface area contributed by atoms with Crippen molar-refractivity contribution in [3.63, 3.8) is 0 Å². The predicted molar refractivity (Wildman–Crippen MR) is 73.4 cm³/mol. The van der Waals surface area contributed by atoms with Gasteiger partial charge >= 0.3 is 0 Å². The third kappa shape index (κ3) is 3.98. The van der Waals surface area contributed by atoms with Gasteiger partial charge in [-0.15, -0.1) is 11.8 Å². The Bertz CT molecular complexity index is 410. The largest absolute Gasteiger partial charge is 0.282 e. The van der Waals surface area contributed by atoms with Crippen molar-refractivity contribution in [2.24, 2.45) is 9.98 Å². The van der Waals surface area contributed by atoms with Gasteiger partial charge in [0.2, 0.25) is 0 Å². The molecular formula is C12H15N3S. The summed E-state index contributed by atoms with van der Waals surface area (Å²) >= 11 is 1.67. The van der Waals surface area contributed by atoms with E-state index in [1.165, 1.54) is 0 Å². The molecule has 1 aromatic rings. The molecule has 84 valence electrons. The number of hydrogen-bond donors (Lipinski definition) is 0. The van der Waals surface area contributed by atoms with E-state index < -0.39 is 0 Å². The van der Waals surface area contributed by atoms with Crippen LogP contribution in [0.2, 0.25) is 0 Å². The smallest absolute Gasteiger partial charge is 0.0894 e. The standard InChI is InChI=1S/C12H15N3S/c1-10-5-4-6-12(15-10)11(13-2)7-8-14-9-16-3/h4-8H,2,9H2,1,3H3/b11-7-,14-8-. The Hall–Kier alpha value is -1.42. The van der Waals surface area contributed by atoms with Crippen LogP contribution < -0.4 is 0 Å². The zero-order valence-electron chi connectivity index (χ0n) is 9.55. The van der Waals surface area contributed by atoms with E-state index in [4.69, 9.17) is 0 Å². The van der Waals surface area contributed by atoms with Gasteiger partial charge in [-0.05, 0) is 38.1 Å². The molecule has 0 amide bonds. The molecule has 0 bridgehead atoms. The number of thioether (sulfide) groups is 1. The number of pyridine rings is 1. The molecule has 0 saturated heterocycles. The van der Waals surface area contributed by atoms with Gasteiger partial charge in [-0.1, -0.05) is 6.07 Å². The molecule has 0 radical (unpaired) electrons. The molecule has 0 spiro atoms. The van der Waals surface area contributed by atoms with E-state index >= 15 is 0 Å². The lowest BCUT2D eigenvalue weighted by molar-refractivity contribution is 1.16. The number of aryl methyl sites for hydroxylation is 1. The molecule has 1 heterocycles. The summed E-state index contributed by atoms with van der Waals surface area (Å²) in [6, 6.07) is 5.82. The number of allylic oxidation sites excluding steroid dienone is 1. The summed E-state index contributed by atoms with van der Waals surface area (Å²) in [7, 11) is 0. The third-order valence-corrected chi connectivity index (χ3v) is 2.27. The Morgan fingerprint density at radius 2 is 2.38 bits per heavy atom. The molecule has 0 atom stereocenters. The summed E-state index contributed by atoms with van der Waals surface area (Å²) in [4.78, 5) is 12.5. The zero-order valence-corrected chi connectivity index (χ0v) is 10.4. The molecule has 0 aliphatic heterocycles. The van der Waals surface area contributed by atoms with Gasteiger partial charge in [-0.3, -0.25) is 15.0 Å². The SMILES string of the molecule is C=N/C(=C\C=N/CSC)c1cccc(C)n1. The van der Waals surface area contributed by atoms with Crippen LogP contribution >= 0.6 is 11.8 Å². The maximum atomic E-state index is 4.37. The number of aromatic nitrogens is 1. The molecule has 1 aromatic heterocycles. The first-order valence-electron chi connectivity index (χ1n) is 4.87. The molecule has 4 heteroatoms. The summed E-state index contributed by atoms with van der Waals surface area (Å²) in [6.45, 7) is 5.49. The molecule has 1 rings (SSSR count). The maximum Gasteiger partial charge on any atom is 0.0894 e. The lowest BCUT2D eigenvalue weighted by atomic mass is 10.2. The maximum absolute atomic E-state index is 4.37. The van der Waals surface area contributed by atoms with Crippen LogP contribution in [0.3, 0.4) is 0 Å². The summed E-state index contributed by atoms with van der Waals surface area (Å²) in [5, 5.41) is 0. The minimum Gasteiger partial charge on any atom is -0.282 e. The van der Waals surface area contributed by atoms with Gasteiger partial charge in [0.05, 0.1) is 17.3 Å². The van der Waals surface area contributed by atoms with Gasteiger partial charge in [-0.25, -0.2) is 0 Å². The molecule has 0 aliphatic rings. The minimum absolute atomic E-state index is 0.744. The van der Waals surface area contributed by atoms with Crippen LogP contribution in [0.15, 0.2) is 34.3 Å². The van der Waals surface area contributed by atoms with Crippen molar-refractivity contribution in [1.82, 2.24) is 4.98 Å². The number of rotatable bonds is 5. The number of aliphatic imine (C=N–C) groups is 2. The quantitative estimate of drug-likeness (QED) is 0.733. The van der Waals surface area contributed by atoms with Crippen molar-refractivity contribution in [3.8, 4) is 0 Å². The molecule has 3 nitrogen and oxygen atoms in total. The Labute approximate surface area is 100 Å². The fourth-order valence-corrected chi connectivity index (χ4v) is 1.38. The second kappa shape index (κ2) is 6.95. The van der Waals surface area contributed by atoms with Crippen molar-refractivity contribution in [1.29, 1.82) is 0 Å². The minimum atomic E-state index is 0.744. The summed E-state index contributed by atoms with van der Waals surface area (Å²) in [5.41, 5.74) is 2.53. The summed E-state index contributed by atoms with van der Waals surface area (Å²) in [5.74, 6) is 0.752. The highest BCUT2D eigenvalue weighted by Gasteiger charge is 1.98. The monoisotopic (exact) mass is 233 g/mol. The topological polar surface area (TPSA) is 37.6 Å². The Balaban J connectivity index is 2.85. The van der Waals surface area contributed by atoms with E-state index in [1.54, 1.807) is 18.0 Å². The van der Waals surface area contributed by atoms with Gasteiger partial charge in [0.25, 0.3) is 0 Å². The van der Waals surface area contributed by atoms with E-state index in [9.17, 15) is 0 Å². The van der Waals surface area contributed by atoms with Gasteiger partial charge in [0.15, 0.2) is 0 Å². The van der Waals surface area contributed by atoms with Crippen LogP contribution in [0.1, 0.15) is 11.4 Å². The fourth-order valence-electron chi connectivity index (χ4n) is 1.15. The van der Waals surface area contributed by atoms with E-state index in [-0.39, 0.29) is 0 Å². The van der Waals surface area contributed by atoms with Gasteiger partial charge in [0, 0.05) is 11.9 Å². The zero-order chi connectivity index (χ0) is 11.8. The first-order chi connectivity index (χ1) is 7.77. The second-order valence-electron chi connectivity index (χ2n) is 3.12. The van der Waals surface area contributed by atoms with E-state index in [0.29, 0.717) is 0 Å². The first kappa shape index (κ1) is 12.6. The van der Waals surface area contributed by atoms with E-state index in [1.807, 2.05) is 37.5 Å². The highest BCUT2D eigenvalue weighted by molar-refractivity contribution is 7.98. The third-order valence-electron chi connectivity index (χ3n) is 1.86. The van der Waals surface area contributed by atoms with Crippen LogP contribution in [0.5, 0.6) is 0 Å². The van der Waals surface area contributed by atoms with Crippen LogP contribution in [0.25, 0.3) is 5.70 Å². The van der Waals surface area contributed by atoms with Crippen molar-refractivity contribution in [3.05, 3.63) is 35.7 Å². The Kier molecular flexibility index (Phi) is 5.50. The highest BCUT2D eigenvalue weighted by atomic mass is 32.2. The van der Waals surface area contributed by atoms with Crippen molar-refractivity contribution >= 4 is 30.4 Å². The van der Waals surface area contributed by atoms with Crippen molar-refractivity contribution in [2.45, 2.75) is 6.92 Å². The van der Waals surface area contributed by atoms with E-state index in [2.05, 4.69) is 21.7 Å². The Morgan fingerprint density at radius 1 is 1.56 bits per heavy atom. The molecule has 0 saturated carbocycles. The molecule has 0 fully saturated rings. The van der Waals surface area contributed by atoms with Gasteiger partial charge < -0.3 is 0 Å². The number of hydrogen-bond acceptors (Lipinski definition) is 4. The fraction of sp³-hybridized carbons (Fsp3) is 0.250. The molecule has 0 N–H and O–H groups in total. The predicted octanol–water partition coefficient (Wildman–Crippen LogP) is 2.82. The molecule has 0 aliphatic carbocycles.